The second-order valence-corrected chi connectivity index (χ2v) is 5.94. The van der Waals surface area contributed by atoms with Gasteiger partial charge in [0.2, 0.25) is 0 Å². The Balaban J connectivity index is 1.60. The maximum absolute atomic E-state index is 10.9. The molecule has 8 heteroatoms. The van der Waals surface area contributed by atoms with Gasteiger partial charge >= 0.3 is 0 Å². The van der Waals surface area contributed by atoms with Gasteiger partial charge in [0.1, 0.15) is 12.2 Å². The van der Waals surface area contributed by atoms with Crippen molar-refractivity contribution < 1.29 is 14.3 Å². The molecule has 1 aromatic carbocycles. The van der Waals surface area contributed by atoms with E-state index in [9.17, 15) is 4.79 Å². The van der Waals surface area contributed by atoms with Crippen molar-refractivity contribution in [3.05, 3.63) is 35.9 Å². The zero-order valence-corrected chi connectivity index (χ0v) is 14.3. The van der Waals surface area contributed by atoms with Crippen LogP contribution in [0.4, 0.5) is 0 Å². The first-order valence-corrected chi connectivity index (χ1v) is 8.42. The van der Waals surface area contributed by atoms with Gasteiger partial charge in [-0.15, -0.1) is 0 Å². The van der Waals surface area contributed by atoms with E-state index in [1.54, 1.807) is 12.4 Å². The average Bonchev–Trinajstić information content (AvgIpc) is 3.07. The summed E-state index contributed by atoms with van der Waals surface area (Å²) < 4.78 is 13.0. The summed E-state index contributed by atoms with van der Waals surface area (Å²) in [6, 6.07) is 6.04. The van der Waals surface area contributed by atoms with Crippen LogP contribution in [0.25, 0.3) is 0 Å². The number of nitrogens with two attached hydrogens (primary N) is 1. The van der Waals surface area contributed by atoms with Crippen LogP contribution in [-0.2, 0) is 24.3 Å². The highest BCUT2D eigenvalue weighted by molar-refractivity contribution is 5.75. The summed E-state index contributed by atoms with van der Waals surface area (Å²) in [6.45, 7) is 3.79. The van der Waals surface area contributed by atoms with E-state index in [0.717, 1.165) is 30.8 Å². The lowest BCUT2D eigenvalue weighted by atomic mass is 10.1. The molecule has 25 heavy (non-hydrogen) atoms. The lowest BCUT2D eigenvalue weighted by Gasteiger charge is -2.24. The third-order valence-electron chi connectivity index (χ3n) is 4.08. The van der Waals surface area contributed by atoms with E-state index in [2.05, 4.69) is 15.4 Å². The number of nitrogens with one attached hydrogen (secondary N) is 1. The monoisotopic (exact) mass is 345 g/mol. The van der Waals surface area contributed by atoms with Crippen LogP contribution >= 0.6 is 0 Å². The van der Waals surface area contributed by atoms with Crippen molar-refractivity contribution in [2.45, 2.75) is 38.9 Å². The number of amides is 1. The van der Waals surface area contributed by atoms with Gasteiger partial charge in [-0.2, -0.15) is 5.10 Å². The molecule has 3 rings (SSSR count). The largest absolute Gasteiger partial charge is 0.490 e. The molecule has 3 N–H and O–H groups in total. The Hall–Kier alpha value is -2.61. The van der Waals surface area contributed by atoms with E-state index in [0.29, 0.717) is 30.7 Å². The first-order chi connectivity index (χ1) is 12.2. The number of hydrogen-bond acceptors (Lipinski definition) is 6. The Bertz CT molecular complexity index is 731. The van der Waals surface area contributed by atoms with Crippen LogP contribution in [0.1, 0.15) is 24.7 Å². The normalized spacial score (nSPS) is 16.3. The number of hydrogen-bond donors (Lipinski definition) is 2. The number of rotatable bonds is 8. The topological polar surface area (TPSA) is 104 Å². The third-order valence-corrected chi connectivity index (χ3v) is 4.08. The molecule has 0 spiro atoms. The van der Waals surface area contributed by atoms with Gasteiger partial charge in [0.05, 0.1) is 13.2 Å². The van der Waals surface area contributed by atoms with Crippen molar-refractivity contribution in [3.8, 4) is 11.5 Å². The van der Waals surface area contributed by atoms with Crippen LogP contribution in [-0.4, -0.2) is 39.9 Å². The van der Waals surface area contributed by atoms with E-state index < -0.39 is 5.91 Å². The molecule has 2 aromatic rings. The van der Waals surface area contributed by atoms with Crippen LogP contribution in [0, 0.1) is 0 Å². The predicted octanol–water partition coefficient (Wildman–Crippen LogP) is 0.646. The number of benzene rings is 1. The molecule has 1 atom stereocenters. The Morgan fingerprint density at radius 2 is 2.28 bits per heavy atom. The maximum Gasteiger partial charge on any atom is 0.255 e. The molecular weight excluding hydrogens is 322 g/mol. The molecule has 1 aliphatic rings. The Kier molecular flexibility index (Phi) is 5.49. The molecule has 1 unspecified atom stereocenters. The summed E-state index contributed by atoms with van der Waals surface area (Å²) in [5, 5.41) is 7.79. The molecule has 134 valence electrons. The standard InChI is InChI=1S/C17H23N5O3/c1-2-24-15-7-12(3-5-14(15)25-10-16(18)23)8-19-13-4-6-17-20-11-21-22(17)9-13/h3,5,7,11,13,19H,2,4,6,8-10H2,1H3,(H2,18,23). The highest BCUT2D eigenvalue weighted by atomic mass is 16.5. The smallest absolute Gasteiger partial charge is 0.255 e. The number of aromatic nitrogens is 3. The summed E-state index contributed by atoms with van der Waals surface area (Å²) in [4.78, 5) is 15.1. The lowest BCUT2D eigenvalue weighted by Crippen LogP contribution is -2.37. The molecule has 0 saturated heterocycles. The number of aryl methyl sites for hydroxylation is 1. The van der Waals surface area contributed by atoms with Gasteiger partial charge in [-0.25, -0.2) is 9.67 Å². The molecule has 0 bridgehead atoms. The lowest BCUT2D eigenvalue weighted by molar-refractivity contribution is -0.119. The fraction of sp³-hybridized carbons (Fsp3) is 0.471. The summed E-state index contributed by atoms with van der Waals surface area (Å²) >= 11 is 0. The van der Waals surface area contributed by atoms with Gasteiger partial charge < -0.3 is 20.5 Å². The molecule has 1 aromatic heterocycles. The van der Waals surface area contributed by atoms with Crippen molar-refractivity contribution in [1.29, 1.82) is 0 Å². The molecule has 0 radical (unpaired) electrons. The average molecular weight is 345 g/mol. The Morgan fingerprint density at radius 1 is 1.40 bits per heavy atom. The van der Waals surface area contributed by atoms with Gasteiger partial charge in [0, 0.05) is 19.0 Å². The van der Waals surface area contributed by atoms with Crippen LogP contribution in [0.2, 0.25) is 0 Å². The van der Waals surface area contributed by atoms with Crippen molar-refractivity contribution in [2.75, 3.05) is 13.2 Å². The highest BCUT2D eigenvalue weighted by Gasteiger charge is 2.19. The van der Waals surface area contributed by atoms with Crippen molar-refractivity contribution in [3.63, 3.8) is 0 Å². The molecule has 0 aliphatic carbocycles. The predicted molar refractivity (Wildman–Crippen MR) is 91.3 cm³/mol. The molecule has 1 amide bonds. The summed E-state index contributed by atoms with van der Waals surface area (Å²) in [6.07, 6.45) is 3.58. The molecular formula is C17H23N5O3. The molecule has 0 saturated carbocycles. The highest BCUT2D eigenvalue weighted by Crippen LogP contribution is 2.28. The summed E-state index contributed by atoms with van der Waals surface area (Å²) in [7, 11) is 0. The van der Waals surface area contributed by atoms with E-state index in [4.69, 9.17) is 15.2 Å². The third kappa shape index (κ3) is 4.48. The number of carbonyl (C=O) groups is 1. The van der Waals surface area contributed by atoms with Crippen molar-refractivity contribution in [1.82, 2.24) is 20.1 Å². The second-order valence-electron chi connectivity index (χ2n) is 5.94. The maximum atomic E-state index is 10.9. The van der Waals surface area contributed by atoms with Gasteiger partial charge in [-0.1, -0.05) is 6.07 Å². The second kappa shape index (κ2) is 7.98. The van der Waals surface area contributed by atoms with E-state index in [1.807, 2.05) is 23.7 Å². The minimum absolute atomic E-state index is 0.167. The SMILES string of the molecule is CCOc1cc(CNC2CCc3ncnn3C2)ccc1OCC(N)=O. The van der Waals surface area contributed by atoms with Crippen LogP contribution < -0.4 is 20.5 Å². The zero-order valence-electron chi connectivity index (χ0n) is 14.3. The number of carbonyl (C=O) groups excluding carboxylic acids is 1. The first-order valence-electron chi connectivity index (χ1n) is 8.42. The summed E-state index contributed by atoms with van der Waals surface area (Å²) in [5.41, 5.74) is 6.21. The number of ether oxygens (including phenoxy) is 2. The van der Waals surface area contributed by atoms with Crippen LogP contribution in [0.5, 0.6) is 11.5 Å². The zero-order chi connectivity index (χ0) is 17.6. The fourth-order valence-corrected chi connectivity index (χ4v) is 2.87. The van der Waals surface area contributed by atoms with Crippen LogP contribution in [0.3, 0.4) is 0 Å². The van der Waals surface area contributed by atoms with Crippen molar-refractivity contribution >= 4 is 5.91 Å². The molecule has 0 fully saturated rings. The van der Waals surface area contributed by atoms with Crippen molar-refractivity contribution in [2.24, 2.45) is 5.73 Å². The first kappa shape index (κ1) is 17.2. The molecule has 8 nitrogen and oxygen atoms in total. The van der Waals surface area contributed by atoms with E-state index in [1.165, 1.54) is 0 Å². The molecule has 2 heterocycles. The number of fused-ring (bicyclic) bond motifs is 1. The quantitative estimate of drug-likeness (QED) is 0.728. The Labute approximate surface area is 146 Å². The molecule has 1 aliphatic heterocycles. The Morgan fingerprint density at radius 3 is 3.08 bits per heavy atom. The summed E-state index contributed by atoms with van der Waals surface area (Å²) in [5.74, 6) is 1.67. The number of nitrogens with zero attached hydrogens (tertiary/aromatic N) is 3. The fourth-order valence-electron chi connectivity index (χ4n) is 2.87. The van der Waals surface area contributed by atoms with Gasteiger partial charge in [-0.05, 0) is 31.0 Å². The van der Waals surface area contributed by atoms with Crippen LogP contribution in [0.15, 0.2) is 24.5 Å². The van der Waals surface area contributed by atoms with E-state index in [-0.39, 0.29) is 6.61 Å². The van der Waals surface area contributed by atoms with Gasteiger partial charge in [0.25, 0.3) is 5.91 Å². The van der Waals surface area contributed by atoms with Gasteiger partial charge in [0.15, 0.2) is 18.1 Å². The minimum atomic E-state index is -0.516. The minimum Gasteiger partial charge on any atom is -0.490 e. The number of primary amides is 1. The van der Waals surface area contributed by atoms with E-state index >= 15 is 0 Å². The van der Waals surface area contributed by atoms with Gasteiger partial charge in [-0.3, -0.25) is 4.79 Å².